The van der Waals surface area contributed by atoms with Crippen molar-refractivity contribution in [2.24, 2.45) is 17.8 Å². The molecule has 0 aliphatic heterocycles. The van der Waals surface area contributed by atoms with Crippen molar-refractivity contribution < 1.29 is 17.9 Å². The van der Waals surface area contributed by atoms with Gasteiger partial charge in [-0.05, 0) is 112 Å². The lowest BCUT2D eigenvalue weighted by Crippen LogP contribution is -2.25. The highest BCUT2D eigenvalue weighted by molar-refractivity contribution is 5.38. The highest BCUT2D eigenvalue weighted by atomic mass is 19.4. The summed E-state index contributed by atoms with van der Waals surface area (Å²) in [7, 11) is 0. The predicted molar refractivity (Wildman–Crippen MR) is 107 cm³/mol. The van der Waals surface area contributed by atoms with Crippen LogP contribution in [0.1, 0.15) is 81.8 Å². The van der Waals surface area contributed by atoms with Gasteiger partial charge in [-0.3, -0.25) is 0 Å². The van der Waals surface area contributed by atoms with Gasteiger partial charge in [0.1, 0.15) is 5.75 Å². The number of ether oxygens (including phenoxy) is 1. The van der Waals surface area contributed by atoms with Gasteiger partial charge in [0.25, 0.3) is 0 Å². The molecule has 0 unspecified atom stereocenters. The third-order valence-corrected chi connectivity index (χ3v) is 6.93. The van der Waals surface area contributed by atoms with E-state index in [1.165, 1.54) is 56.6 Å². The van der Waals surface area contributed by atoms with Crippen LogP contribution < -0.4 is 4.74 Å². The van der Waals surface area contributed by atoms with Crippen LogP contribution in [-0.2, 0) is 0 Å². The first-order valence-corrected chi connectivity index (χ1v) is 10.8. The molecule has 2 fully saturated rings. The van der Waals surface area contributed by atoms with Gasteiger partial charge < -0.3 is 4.74 Å². The molecule has 0 radical (unpaired) electrons. The molecule has 0 spiro atoms. The van der Waals surface area contributed by atoms with Crippen molar-refractivity contribution in [2.45, 2.75) is 83.9 Å². The summed E-state index contributed by atoms with van der Waals surface area (Å²) in [6, 6.07) is 5.19. The number of benzene rings is 1. The molecule has 1 aromatic rings. The molecule has 2 aliphatic carbocycles. The SMILES string of the molecule is C/C=C/CC1CCC(C2CCC(c3ccc(OC(F)(F)F)c(C)c3)CC2)CC1. The molecule has 0 heterocycles. The maximum absolute atomic E-state index is 12.5. The fraction of sp³-hybridized carbons (Fsp3) is 0.667. The Morgan fingerprint density at radius 2 is 1.57 bits per heavy atom. The molecule has 4 heteroatoms. The number of hydrogen-bond acceptors (Lipinski definition) is 1. The van der Waals surface area contributed by atoms with Crippen LogP contribution >= 0.6 is 0 Å². The van der Waals surface area contributed by atoms with Gasteiger partial charge in [0.15, 0.2) is 0 Å². The molecule has 1 nitrogen and oxygen atoms in total. The molecule has 28 heavy (non-hydrogen) atoms. The molecule has 0 saturated heterocycles. The van der Waals surface area contributed by atoms with Gasteiger partial charge in [-0.2, -0.15) is 0 Å². The Morgan fingerprint density at radius 1 is 0.964 bits per heavy atom. The maximum Gasteiger partial charge on any atom is 0.573 e. The normalized spacial score (nSPS) is 29.2. The maximum atomic E-state index is 12.5. The van der Waals surface area contributed by atoms with Gasteiger partial charge >= 0.3 is 6.36 Å². The molecule has 2 saturated carbocycles. The molecule has 0 bridgehead atoms. The summed E-state index contributed by atoms with van der Waals surface area (Å²) in [5.74, 6) is 2.99. The quantitative estimate of drug-likeness (QED) is 0.461. The third kappa shape index (κ3) is 5.78. The second kappa shape index (κ2) is 9.37. The van der Waals surface area contributed by atoms with Gasteiger partial charge in [0.2, 0.25) is 0 Å². The van der Waals surface area contributed by atoms with Crippen molar-refractivity contribution in [3.63, 3.8) is 0 Å². The topological polar surface area (TPSA) is 9.23 Å². The Kier molecular flexibility index (Phi) is 7.11. The fourth-order valence-electron chi connectivity index (χ4n) is 5.31. The monoisotopic (exact) mass is 394 g/mol. The molecule has 0 amide bonds. The summed E-state index contributed by atoms with van der Waals surface area (Å²) in [5.41, 5.74) is 1.73. The smallest absolute Gasteiger partial charge is 0.406 e. The van der Waals surface area contributed by atoms with E-state index in [4.69, 9.17) is 0 Å². The van der Waals surface area contributed by atoms with Crippen LogP contribution in [-0.4, -0.2) is 6.36 Å². The fourth-order valence-corrected chi connectivity index (χ4v) is 5.31. The van der Waals surface area contributed by atoms with Crippen molar-refractivity contribution in [2.75, 3.05) is 0 Å². The highest BCUT2D eigenvalue weighted by Crippen LogP contribution is 2.44. The average molecular weight is 395 g/mol. The third-order valence-electron chi connectivity index (χ3n) is 6.93. The number of alkyl halides is 3. The number of aryl methyl sites for hydroxylation is 1. The molecule has 2 aliphatic rings. The van der Waals surface area contributed by atoms with Crippen LogP contribution in [0.25, 0.3) is 0 Å². The van der Waals surface area contributed by atoms with Crippen molar-refractivity contribution in [3.8, 4) is 5.75 Å². The number of hydrogen-bond donors (Lipinski definition) is 0. The molecule has 0 N–H and O–H groups in total. The lowest BCUT2D eigenvalue weighted by Gasteiger charge is -2.38. The van der Waals surface area contributed by atoms with Crippen LogP contribution in [0, 0.1) is 24.7 Å². The minimum Gasteiger partial charge on any atom is -0.406 e. The zero-order valence-electron chi connectivity index (χ0n) is 17.1. The summed E-state index contributed by atoms with van der Waals surface area (Å²) >= 11 is 0. The van der Waals surface area contributed by atoms with E-state index in [1.807, 2.05) is 12.1 Å². The van der Waals surface area contributed by atoms with Crippen LogP contribution in [0.3, 0.4) is 0 Å². The van der Waals surface area contributed by atoms with E-state index in [0.717, 1.165) is 30.6 Å². The molecule has 0 atom stereocenters. The van der Waals surface area contributed by atoms with E-state index in [2.05, 4.69) is 23.8 Å². The Hall–Kier alpha value is -1.45. The second-order valence-corrected chi connectivity index (χ2v) is 8.77. The lowest BCUT2D eigenvalue weighted by molar-refractivity contribution is -0.274. The first-order valence-electron chi connectivity index (χ1n) is 10.8. The van der Waals surface area contributed by atoms with Gasteiger partial charge in [-0.15, -0.1) is 13.2 Å². The van der Waals surface area contributed by atoms with Crippen molar-refractivity contribution in [1.29, 1.82) is 0 Å². The summed E-state index contributed by atoms with van der Waals surface area (Å²) in [5, 5.41) is 0. The Bertz CT molecular complexity index is 648. The van der Waals surface area contributed by atoms with E-state index >= 15 is 0 Å². The van der Waals surface area contributed by atoms with Crippen molar-refractivity contribution in [1.82, 2.24) is 0 Å². The largest absolute Gasteiger partial charge is 0.573 e. The zero-order valence-corrected chi connectivity index (χ0v) is 17.1. The lowest BCUT2D eigenvalue weighted by atomic mass is 9.68. The first-order chi connectivity index (χ1) is 13.4. The second-order valence-electron chi connectivity index (χ2n) is 8.77. The van der Waals surface area contributed by atoms with E-state index in [-0.39, 0.29) is 5.75 Å². The van der Waals surface area contributed by atoms with Crippen molar-refractivity contribution in [3.05, 3.63) is 41.5 Å². The van der Waals surface area contributed by atoms with Crippen LogP contribution in [0.15, 0.2) is 30.4 Å². The van der Waals surface area contributed by atoms with E-state index in [9.17, 15) is 13.2 Å². The summed E-state index contributed by atoms with van der Waals surface area (Å²) in [4.78, 5) is 0. The average Bonchev–Trinajstić information content (AvgIpc) is 2.67. The standard InChI is InChI=1S/C24H33F3O/c1-3-4-5-18-6-8-19(9-7-18)20-10-12-21(13-11-20)22-14-15-23(17(2)16-22)28-24(25,26)27/h3-4,14-16,18-21H,5-13H2,1-2H3/b4-3+. The molecular formula is C24H33F3O. The Balaban J connectivity index is 1.50. The molecular weight excluding hydrogens is 361 g/mol. The zero-order chi connectivity index (χ0) is 20.1. The number of allylic oxidation sites excluding steroid dienone is 2. The molecule has 1 aromatic carbocycles. The van der Waals surface area contributed by atoms with E-state index < -0.39 is 6.36 Å². The summed E-state index contributed by atoms with van der Waals surface area (Å²) in [6.45, 7) is 3.80. The van der Waals surface area contributed by atoms with E-state index in [0.29, 0.717) is 11.5 Å². The van der Waals surface area contributed by atoms with Crippen molar-refractivity contribution >= 4 is 0 Å². The summed E-state index contributed by atoms with van der Waals surface area (Å²) in [6.07, 6.45) is 11.4. The Labute approximate surface area is 167 Å². The molecule has 156 valence electrons. The van der Waals surface area contributed by atoms with Gasteiger partial charge in [-0.1, -0.05) is 24.3 Å². The van der Waals surface area contributed by atoms with Crippen LogP contribution in [0.2, 0.25) is 0 Å². The highest BCUT2D eigenvalue weighted by Gasteiger charge is 2.33. The minimum absolute atomic E-state index is 0.0837. The summed E-state index contributed by atoms with van der Waals surface area (Å²) < 4.78 is 41.5. The van der Waals surface area contributed by atoms with Crippen LogP contribution in [0.5, 0.6) is 5.75 Å². The first kappa shape index (κ1) is 21.3. The van der Waals surface area contributed by atoms with Gasteiger partial charge in [0, 0.05) is 0 Å². The van der Waals surface area contributed by atoms with E-state index in [1.54, 1.807) is 6.92 Å². The van der Waals surface area contributed by atoms with Gasteiger partial charge in [-0.25, -0.2) is 0 Å². The molecule has 3 rings (SSSR count). The minimum atomic E-state index is -4.63. The number of halogens is 3. The van der Waals surface area contributed by atoms with Gasteiger partial charge in [0.05, 0.1) is 0 Å². The number of rotatable bonds is 5. The van der Waals surface area contributed by atoms with Crippen LogP contribution in [0.4, 0.5) is 13.2 Å². The predicted octanol–water partition coefficient (Wildman–Crippen LogP) is 7.94. The molecule has 0 aromatic heterocycles. The Morgan fingerprint density at radius 3 is 2.11 bits per heavy atom.